The monoisotopic (exact) mass is 264 g/mol. The normalized spacial score (nSPS) is 9.45. The Labute approximate surface area is 119 Å². The predicted molar refractivity (Wildman–Crippen MR) is 79.8 cm³/mol. The molecule has 0 radical (unpaired) electrons. The summed E-state index contributed by atoms with van der Waals surface area (Å²) in [5, 5.41) is 0. The van der Waals surface area contributed by atoms with Crippen LogP contribution in [0, 0.1) is 0 Å². The van der Waals surface area contributed by atoms with Crippen LogP contribution in [0.15, 0.2) is 72.0 Å². The van der Waals surface area contributed by atoms with Gasteiger partial charge in [-0.3, -0.25) is 0 Å². The summed E-state index contributed by atoms with van der Waals surface area (Å²) in [7, 11) is 0. The average molecular weight is 264 g/mol. The third kappa shape index (κ3) is 4.27. The fourth-order valence-corrected chi connectivity index (χ4v) is 1.63. The highest BCUT2D eigenvalue weighted by Gasteiger charge is 2.04. The van der Waals surface area contributed by atoms with Crippen molar-refractivity contribution in [3.63, 3.8) is 0 Å². The number of hydrogen-bond acceptors (Lipinski definition) is 2. The van der Waals surface area contributed by atoms with E-state index in [1.54, 1.807) is 13.0 Å². The summed E-state index contributed by atoms with van der Waals surface area (Å²) in [6.45, 7) is 1.98. The zero-order chi connectivity index (χ0) is 14.2. The van der Waals surface area contributed by atoms with Gasteiger partial charge in [0.1, 0.15) is 6.61 Å². The summed E-state index contributed by atoms with van der Waals surface area (Å²) < 4.78 is 5.22. The van der Waals surface area contributed by atoms with Gasteiger partial charge in [0.15, 0.2) is 0 Å². The van der Waals surface area contributed by atoms with Crippen LogP contribution in [0.1, 0.15) is 18.1 Å². The number of benzene rings is 2. The van der Waals surface area contributed by atoms with Crippen molar-refractivity contribution < 1.29 is 9.53 Å². The lowest BCUT2D eigenvalue weighted by Crippen LogP contribution is -2.05. The van der Waals surface area contributed by atoms with E-state index in [1.165, 1.54) is 0 Å². The second-order valence-corrected chi connectivity index (χ2v) is 4.39. The van der Waals surface area contributed by atoms with Crippen LogP contribution in [0.25, 0.3) is 6.08 Å². The van der Waals surface area contributed by atoms with E-state index < -0.39 is 0 Å². The van der Waals surface area contributed by atoms with Crippen LogP contribution in [0.4, 0.5) is 0 Å². The lowest BCUT2D eigenvalue weighted by molar-refractivity contribution is -0.140. The van der Waals surface area contributed by atoms with Crippen molar-refractivity contribution in [3.8, 4) is 0 Å². The van der Waals surface area contributed by atoms with Gasteiger partial charge in [0.25, 0.3) is 0 Å². The van der Waals surface area contributed by atoms with Crippen LogP contribution in [0.2, 0.25) is 0 Å². The number of carbonyl (C=O) groups excluding carboxylic acids is 1. The molecule has 2 heteroatoms. The van der Waals surface area contributed by atoms with E-state index in [1.807, 2.05) is 60.7 Å². The second kappa shape index (κ2) is 7.13. The van der Waals surface area contributed by atoms with Crippen molar-refractivity contribution in [1.82, 2.24) is 0 Å². The van der Waals surface area contributed by atoms with Gasteiger partial charge in [-0.05, 0) is 24.1 Å². The largest absolute Gasteiger partial charge is 0.457 e. The molecule has 0 heterocycles. The van der Waals surface area contributed by atoms with E-state index in [-0.39, 0.29) is 12.6 Å². The van der Waals surface area contributed by atoms with Crippen molar-refractivity contribution in [1.29, 1.82) is 0 Å². The highest BCUT2D eigenvalue weighted by molar-refractivity contribution is 5.88. The minimum Gasteiger partial charge on any atom is -0.457 e. The molecule has 2 rings (SSSR count). The highest BCUT2D eigenvalue weighted by Crippen LogP contribution is 2.05. The van der Waals surface area contributed by atoms with Gasteiger partial charge in [-0.25, -0.2) is 4.79 Å². The Hall–Kier alpha value is -2.57. The minimum atomic E-state index is -0.346. The lowest BCUT2D eigenvalue weighted by atomic mass is 10.2. The lowest BCUT2D eigenvalue weighted by Gasteiger charge is -2.03. The van der Waals surface area contributed by atoms with Crippen LogP contribution in [-0.4, -0.2) is 5.97 Å². The fraction of sp³-hybridized carbons (Fsp3) is 0.111. The zero-order valence-electron chi connectivity index (χ0n) is 11.4. The SMILES string of the molecule is CC(=C=Cc1ccccc1)C(=O)OCc1ccccc1. The van der Waals surface area contributed by atoms with Gasteiger partial charge in [-0.15, -0.1) is 5.73 Å². The molecule has 0 saturated carbocycles. The molecule has 0 fully saturated rings. The molecule has 0 bridgehead atoms. The summed E-state index contributed by atoms with van der Waals surface area (Å²) in [6, 6.07) is 19.3. The van der Waals surface area contributed by atoms with Crippen molar-refractivity contribution in [2.24, 2.45) is 0 Å². The molecule has 0 aromatic heterocycles. The van der Waals surface area contributed by atoms with Gasteiger partial charge >= 0.3 is 5.97 Å². The predicted octanol–water partition coefficient (Wildman–Crippen LogP) is 3.99. The third-order valence-corrected chi connectivity index (χ3v) is 2.77. The fourth-order valence-electron chi connectivity index (χ4n) is 1.63. The zero-order valence-corrected chi connectivity index (χ0v) is 11.4. The van der Waals surface area contributed by atoms with E-state index >= 15 is 0 Å². The molecule has 0 atom stereocenters. The Bertz CT molecular complexity index is 621. The number of ether oxygens (including phenoxy) is 1. The molecular weight excluding hydrogens is 248 g/mol. The Balaban J connectivity index is 1.97. The first-order valence-electron chi connectivity index (χ1n) is 6.45. The summed E-state index contributed by atoms with van der Waals surface area (Å²) in [4.78, 5) is 11.8. The topological polar surface area (TPSA) is 26.3 Å². The van der Waals surface area contributed by atoms with Crippen LogP contribution in [-0.2, 0) is 16.1 Å². The quantitative estimate of drug-likeness (QED) is 0.474. The van der Waals surface area contributed by atoms with Crippen molar-refractivity contribution >= 4 is 12.0 Å². The molecule has 0 saturated heterocycles. The van der Waals surface area contributed by atoms with E-state index in [0.29, 0.717) is 5.57 Å². The van der Waals surface area contributed by atoms with Crippen LogP contribution in [0.3, 0.4) is 0 Å². The Morgan fingerprint density at radius 2 is 1.65 bits per heavy atom. The van der Waals surface area contributed by atoms with Crippen molar-refractivity contribution in [2.75, 3.05) is 0 Å². The number of carbonyl (C=O) groups is 1. The van der Waals surface area contributed by atoms with Gasteiger partial charge in [0.2, 0.25) is 0 Å². The molecule has 0 aliphatic rings. The first-order valence-corrected chi connectivity index (χ1v) is 6.45. The average Bonchev–Trinajstić information content (AvgIpc) is 2.52. The molecule has 2 aromatic rings. The van der Waals surface area contributed by atoms with Crippen molar-refractivity contribution in [2.45, 2.75) is 13.5 Å². The third-order valence-electron chi connectivity index (χ3n) is 2.77. The summed E-state index contributed by atoms with van der Waals surface area (Å²) in [5.74, 6) is -0.346. The molecule has 0 unspecified atom stereocenters. The molecule has 0 spiro atoms. The maximum atomic E-state index is 11.8. The summed E-state index contributed by atoms with van der Waals surface area (Å²) in [5.41, 5.74) is 5.39. The maximum absolute atomic E-state index is 11.8. The molecule has 2 aromatic carbocycles. The maximum Gasteiger partial charge on any atom is 0.341 e. The first-order chi connectivity index (χ1) is 9.75. The van der Waals surface area contributed by atoms with Crippen LogP contribution >= 0.6 is 0 Å². The highest BCUT2D eigenvalue weighted by atomic mass is 16.5. The van der Waals surface area contributed by atoms with E-state index in [2.05, 4.69) is 5.73 Å². The second-order valence-electron chi connectivity index (χ2n) is 4.39. The molecular formula is C18H16O2. The molecule has 2 nitrogen and oxygen atoms in total. The standard InChI is InChI=1S/C18H16O2/c1-15(12-13-16-8-4-2-5-9-16)18(19)20-14-17-10-6-3-7-11-17/h2-11,13H,14H2,1H3. The molecule has 100 valence electrons. The Morgan fingerprint density at radius 3 is 2.30 bits per heavy atom. The minimum absolute atomic E-state index is 0.282. The van der Waals surface area contributed by atoms with Crippen LogP contribution in [0.5, 0.6) is 0 Å². The van der Waals surface area contributed by atoms with E-state index in [0.717, 1.165) is 11.1 Å². The van der Waals surface area contributed by atoms with Crippen LogP contribution < -0.4 is 0 Å². The van der Waals surface area contributed by atoms with E-state index in [9.17, 15) is 4.79 Å². The Morgan fingerprint density at radius 1 is 1.05 bits per heavy atom. The summed E-state index contributed by atoms with van der Waals surface area (Å²) in [6.07, 6.45) is 1.78. The molecule has 0 N–H and O–H groups in total. The Kier molecular flexibility index (Phi) is 4.94. The van der Waals surface area contributed by atoms with Gasteiger partial charge in [0, 0.05) is 0 Å². The molecule has 0 aliphatic heterocycles. The first kappa shape index (κ1) is 13.9. The van der Waals surface area contributed by atoms with Gasteiger partial charge in [0.05, 0.1) is 5.57 Å². The van der Waals surface area contributed by atoms with Gasteiger partial charge in [-0.2, -0.15) is 0 Å². The van der Waals surface area contributed by atoms with Gasteiger partial charge < -0.3 is 4.74 Å². The van der Waals surface area contributed by atoms with Crippen molar-refractivity contribution in [3.05, 3.63) is 83.1 Å². The molecule has 0 aliphatic carbocycles. The van der Waals surface area contributed by atoms with E-state index in [4.69, 9.17) is 4.74 Å². The number of hydrogen-bond donors (Lipinski definition) is 0. The number of esters is 1. The molecule has 20 heavy (non-hydrogen) atoms. The van der Waals surface area contributed by atoms with Gasteiger partial charge in [-0.1, -0.05) is 60.7 Å². The summed E-state index contributed by atoms with van der Waals surface area (Å²) >= 11 is 0. The molecule has 0 amide bonds. The number of rotatable bonds is 4. The smallest absolute Gasteiger partial charge is 0.341 e.